The minimum absolute atomic E-state index is 0.144. The van der Waals surface area contributed by atoms with Gasteiger partial charge in [0.2, 0.25) is 0 Å². The summed E-state index contributed by atoms with van der Waals surface area (Å²) in [6.45, 7) is 3.65. The zero-order chi connectivity index (χ0) is 13.8. The molecule has 0 amide bonds. The molecule has 19 heavy (non-hydrogen) atoms. The third-order valence-corrected chi connectivity index (χ3v) is 3.07. The van der Waals surface area contributed by atoms with Crippen molar-refractivity contribution in [2.24, 2.45) is 0 Å². The molecular weight excluding hydrogens is 262 g/mol. The smallest absolute Gasteiger partial charge is 0.303 e. The largest absolute Gasteiger partial charge is 0.459 e. The standard InChI is InChI=1S/C15H16ClNO2/c1-10-6-13(12-4-3-5-14(16)7-12)8-15(17-10)9-19-11(2)18/h3-8,13,17H,9H2,1-2H3. The molecule has 0 saturated heterocycles. The summed E-state index contributed by atoms with van der Waals surface area (Å²) < 4.78 is 5.01. The number of hydrogen-bond acceptors (Lipinski definition) is 3. The second-order valence-corrected chi connectivity index (χ2v) is 4.96. The molecule has 0 bridgehead atoms. The lowest BCUT2D eigenvalue weighted by Crippen LogP contribution is -2.21. The van der Waals surface area contributed by atoms with Gasteiger partial charge in [0.25, 0.3) is 0 Å². The molecule has 4 heteroatoms. The van der Waals surface area contributed by atoms with E-state index >= 15 is 0 Å². The first-order chi connectivity index (χ1) is 9.04. The van der Waals surface area contributed by atoms with Crippen LogP contribution in [0.1, 0.15) is 25.3 Å². The Hall–Kier alpha value is -1.74. The summed E-state index contributed by atoms with van der Waals surface area (Å²) in [7, 11) is 0. The van der Waals surface area contributed by atoms with Crippen LogP contribution in [0, 0.1) is 0 Å². The number of hydrogen-bond donors (Lipinski definition) is 1. The van der Waals surface area contributed by atoms with E-state index < -0.39 is 0 Å². The van der Waals surface area contributed by atoms with E-state index in [9.17, 15) is 4.79 Å². The van der Waals surface area contributed by atoms with Gasteiger partial charge in [0.15, 0.2) is 0 Å². The summed E-state index contributed by atoms with van der Waals surface area (Å²) in [5, 5.41) is 3.92. The van der Waals surface area contributed by atoms with Gasteiger partial charge in [-0.05, 0) is 24.6 Å². The Balaban J connectivity index is 2.19. The fraction of sp³-hybridized carbons (Fsp3) is 0.267. The van der Waals surface area contributed by atoms with Crippen LogP contribution in [0.25, 0.3) is 0 Å². The first-order valence-corrected chi connectivity index (χ1v) is 6.47. The molecule has 0 fully saturated rings. The van der Waals surface area contributed by atoms with E-state index in [1.54, 1.807) is 0 Å². The topological polar surface area (TPSA) is 38.3 Å². The lowest BCUT2D eigenvalue weighted by Gasteiger charge is -2.21. The maximum atomic E-state index is 10.9. The lowest BCUT2D eigenvalue weighted by atomic mass is 9.95. The number of carbonyl (C=O) groups is 1. The first kappa shape index (κ1) is 13.7. The van der Waals surface area contributed by atoms with Crippen LogP contribution in [0.15, 0.2) is 47.8 Å². The zero-order valence-electron chi connectivity index (χ0n) is 10.9. The van der Waals surface area contributed by atoms with Crippen molar-refractivity contribution >= 4 is 17.6 Å². The molecule has 1 aromatic rings. The fourth-order valence-corrected chi connectivity index (χ4v) is 2.24. The van der Waals surface area contributed by atoms with Crippen molar-refractivity contribution in [3.63, 3.8) is 0 Å². The van der Waals surface area contributed by atoms with Crippen LogP contribution >= 0.6 is 11.6 Å². The zero-order valence-corrected chi connectivity index (χ0v) is 11.7. The summed E-state index contributed by atoms with van der Waals surface area (Å²) in [4.78, 5) is 10.9. The molecule has 1 N–H and O–H groups in total. The predicted molar refractivity (Wildman–Crippen MR) is 75.8 cm³/mol. The van der Waals surface area contributed by atoms with E-state index in [4.69, 9.17) is 16.3 Å². The number of rotatable bonds is 3. The Morgan fingerprint density at radius 3 is 2.89 bits per heavy atom. The number of halogens is 1. The van der Waals surface area contributed by atoms with Gasteiger partial charge in [-0.1, -0.05) is 35.9 Å². The average Bonchev–Trinajstić information content (AvgIpc) is 2.36. The lowest BCUT2D eigenvalue weighted by molar-refractivity contribution is -0.140. The SMILES string of the molecule is CC(=O)OCC1=CC(c2cccc(Cl)c2)C=C(C)N1. The summed E-state index contributed by atoms with van der Waals surface area (Å²) in [6, 6.07) is 7.77. The molecule has 0 aromatic heterocycles. The fourth-order valence-electron chi connectivity index (χ4n) is 2.04. The van der Waals surface area contributed by atoms with Gasteiger partial charge < -0.3 is 10.1 Å². The minimum Gasteiger partial charge on any atom is -0.459 e. The number of carbonyl (C=O) groups excluding carboxylic acids is 1. The summed E-state index contributed by atoms with van der Waals surface area (Å²) in [5.74, 6) is -0.139. The van der Waals surface area contributed by atoms with Crippen LogP contribution < -0.4 is 5.32 Å². The highest BCUT2D eigenvalue weighted by Gasteiger charge is 2.14. The molecule has 1 unspecified atom stereocenters. The van der Waals surface area contributed by atoms with E-state index in [0.717, 1.165) is 22.0 Å². The Labute approximate surface area is 117 Å². The Kier molecular flexibility index (Phi) is 4.27. The van der Waals surface area contributed by atoms with E-state index in [0.29, 0.717) is 0 Å². The number of esters is 1. The van der Waals surface area contributed by atoms with E-state index in [-0.39, 0.29) is 18.5 Å². The highest BCUT2D eigenvalue weighted by Crippen LogP contribution is 2.26. The molecule has 1 aromatic carbocycles. The molecule has 1 atom stereocenters. The number of allylic oxidation sites excluding steroid dienone is 3. The Bertz CT molecular complexity index is 549. The molecule has 1 heterocycles. The summed E-state index contributed by atoms with van der Waals surface area (Å²) in [5.41, 5.74) is 3.04. The minimum atomic E-state index is -0.283. The first-order valence-electron chi connectivity index (χ1n) is 6.09. The monoisotopic (exact) mass is 277 g/mol. The number of benzene rings is 1. The van der Waals surface area contributed by atoms with Crippen molar-refractivity contribution in [1.29, 1.82) is 0 Å². The molecule has 1 aliphatic heterocycles. The Morgan fingerprint density at radius 1 is 1.42 bits per heavy atom. The highest BCUT2D eigenvalue weighted by atomic mass is 35.5. The van der Waals surface area contributed by atoms with Crippen LogP contribution in [-0.2, 0) is 9.53 Å². The van der Waals surface area contributed by atoms with Gasteiger partial charge in [-0.2, -0.15) is 0 Å². The van der Waals surface area contributed by atoms with Gasteiger partial charge in [0, 0.05) is 23.6 Å². The molecular formula is C15H16ClNO2. The molecule has 0 spiro atoms. The van der Waals surface area contributed by atoms with Crippen LogP contribution in [0.4, 0.5) is 0 Å². The number of dihydropyridines is 1. The molecule has 2 rings (SSSR count). The molecule has 0 saturated carbocycles. The third-order valence-electron chi connectivity index (χ3n) is 2.83. The summed E-state index contributed by atoms with van der Waals surface area (Å²) in [6.07, 6.45) is 4.16. The quantitative estimate of drug-likeness (QED) is 0.861. The number of nitrogens with one attached hydrogen (secondary N) is 1. The predicted octanol–water partition coefficient (Wildman–Crippen LogP) is 3.38. The third kappa shape index (κ3) is 3.86. The van der Waals surface area contributed by atoms with Crippen LogP contribution in [0.3, 0.4) is 0 Å². The van der Waals surface area contributed by atoms with E-state index in [1.807, 2.05) is 37.3 Å². The molecule has 0 aliphatic carbocycles. The molecule has 3 nitrogen and oxygen atoms in total. The normalized spacial score (nSPS) is 18.2. The molecule has 100 valence electrons. The van der Waals surface area contributed by atoms with Crippen molar-refractivity contribution in [1.82, 2.24) is 5.32 Å². The highest BCUT2D eigenvalue weighted by molar-refractivity contribution is 6.30. The summed E-state index contributed by atoms with van der Waals surface area (Å²) >= 11 is 6.01. The van der Waals surface area contributed by atoms with Crippen molar-refractivity contribution < 1.29 is 9.53 Å². The van der Waals surface area contributed by atoms with E-state index in [2.05, 4.69) is 11.4 Å². The number of ether oxygens (including phenoxy) is 1. The van der Waals surface area contributed by atoms with Crippen LogP contribution in [0.5, 0.6) is 0 Å². The second-order valence-electron chi connectivity index (χ2n) is 4.53. The van der Waals surface area contributed by atoms with Crippen molar-refractivity contribution in [2.75, 3.05) is 6.61 Å². The maximum absolute atomic E-state index is 10.9. The van der Waals surface area contributed by atoms with Gasteiger partial charge in [0.05, 0.1) is 5.70 Å². The molecule has 0 radical (unpaired) electrons. The van der Waals surface area contributed by atoms with Crippen molar-refractivity contribution in [3.8, 4) is 0 Å². The van der Waals surface area contributed by atoms with Gasteiger partial charge in [-0.25, -0.2) is 0 Å². The Morgan fingerprint density at radius 2 is 2.21 bits per heavy atom. The van der Waals surface area contributed by atoms with Gasteiger partial charge in [0.1, 0.15) is 6.61 Å². The second kappa shape index (κ2) is 5.93. The van der Waals surface area contributed by atoms with Crippen molar-refractivity contribution in [3.05, 3.63) is 58.4 Å². The molecule has 1 aliphatic rings. The average molecular weight is 278 g/mol. The van der Waals surface area contributed by atoms with E-state index in [1.165, 1.54) is 6.92 Å². The maximum Gasteiger partial charge on any atom is 0.303 e. The van der Waals surface area contributed by atoms with Crippen LogP contribution in [-0.4, -0.2) is 12.6 Å². The van der Waals surface area contributed by atoms with Gasteiger partial charge >= 0.3 is 5.97 Å². The van der Waals surface area contributed by atoms with Gasteiger partial charge in [-0.3, -0.25) is 4.79 Å². The van der Waals surface area contributed by atoms with Crippen LogP contribution in [0.2, 0.25) is 5.02 Å². The van der Waals surface area contributed by atoms with Crippen molar-refractivity contribution in [2.45, 2.75) is 19.8 Å². The van der Waals surface area contributed by atoms with Gasteiger partial charge in [-0.15, -0.1) is 0 Å².